The molecule has 0 saturated carbocycles. The van der Waals surface area contributed by atoms with Crippen molar-refractivity contribution >= 4 is 15.9 Å². The number of hydrogen-bond acceptors (Lipinski definition) is 7. The minimum atomic E-state index is -3.72. The number of carbonyl (C=O) groups excluding carboxylic acids is 1. The summed E-state index contributed by atoms with van der Waals surface area (Å²) in [4.78, 5) is 16.6. The predicted octanol–water partition coefficient (Wildman–Crippen LogP) is 1.68. The van der Waals surface area contributed by atoms with Gasteiger partial charge in [-0.15, -0.1) is 6.58 Å². The van der Waals surface area contributed by atoms with Crippen LogP contribution in [0.5, 0.6) is 0 Å². The van der Waals surface area contributed by atoms with E-state index in [9.17, 15) is 13.2 Å². The summed E-state index contributed by atoms with van der Waals surface area (Å²) in [6.45, 7) is 9.20. The third kappa shape index (κ3) is 5.24. The molecule has 2 heterocycles. The lowest BCUT2D eigenvalue weighted by atomic mass is 10.1. The maximum absolute atomic E-state index is 13.0. The number of sulfonamides is 1. The van der Waals surface area contributed by atoms with Gasteiger partial charge in [-0.25, -0.2) is 8.42 Å². The van der Waals surface area contributed by atoms with Gasteiger partial charge in [0.15, 0.2) is 5.76 Å². The fourth-order valence-electron chi connectivity index (χ4n) is 3.81. The second-order valence-electron chi connectivity index (χ2n) is 7.71. The van der Waals surface area contributed by atoms with Crippen molar-refractivity contribution in [2.75, 3.05) is 39.3 Å². The first-order valence-electron chi connectivity index (χ1n) is 10.3. The molecule has 1 aliphatic rings. The van der Waals surface area contributed by atoms with Gasteiger partial charge in [0.05, 0.1) is 18.2 Å². The van der Waals surface area contributed by atoms with Crippen LogP contribution in [0.4, 0.5) is 0 Å². The van der Waals surface area contributed by atoms with Gasteiger partial charge < -0.3 is 9.42 Å². The molecule has 1 saturated heterocycles. The van der Waals surface area contributed by atoms with Gasteiger partial charge in [-0.2, -0.15) is 9.57 Å². The van der Waals surface area contributed by atoms with Crippen LogP contribution in [0.1, 0.15) is 22.6 Å². The van der Waals surface area contributed by atoms with Crippen LogP contribution in [0, 0.1) is 25.2 Å². The van der Waals surface area contributed by atoms with Gasteiger partial charge in [0, 0.05) is 39.3 Å². The number of aryl methyl sites for hydroxylation is 2. The van der Waals surface area contributed by atoms with Crippen LogP contribution in [0.25, 0.3) is 0 Å². The second-order valence-corrected chi connectivity index (χ2v) is 9.58. The minimum Gasteiger partial charge on any atom is -0.360 e. The predicted molar refractivity (Wildman–Crippen MR) is 118 cm³/mol. The zero-order chi connectivity index (χ0) is 23.3. The zero-order valence-electron chi connectivity index (χ0n) is 18.3. The number of nitrogens with zero attached hydrogens (tertiary/aromatic N) is 5. The van der Waals surface area contributed by atoms with E-state index in [1.165, 1.54) is 4.31 Å². The summed E-state index contributed by atoms with van der Waals surface area (Å²) < 4.78 is 32.3. The van der Waals surface area contributed by atoms with Gasteiger partial charge >= 0.3 is 0 Å². The van der Waals surface area contributed by atoms with Crippen LogP contribution in [0.3, 0.4) is 0 Å². The van der Waals surface area contributed by atoms with E-state index in [2.05, 4.69) is 17.8 Å². The number of aromatic nitrogens is 1. The molecule has 0 atom stereocenters. The number of benzene rings is 1. The lowest BCUT2D eigenvalue weighted by Crippen LogP contribution is -2.52. The van der Waals surface area contributed by atoms with Crippen molar-refractivity contribution in [3.05, 3.63) is 59.5 Å². The van der Waals surface area contributed by atoms with Gasteiger partial charge in [-0.3, -0.25) is 9.69 Å². The van der Waals surface area contributed by atoms with Crippen LogP contribution in [0.2, 0.25) is 0 Å². The molecule has 1 fully saturated rings. The third-order valence-corrected chi connectivity index (χ3v) is 7.51. The maximum Gasteiger partial charge on any atom is 0.248 e. The number of nitriles is 1. The second kappa shape index (κ2) is 10.1. The molecule has 170 valence electrons. The highest BCUT2D eigenvalue weighted by molar-refractivity contribution is 7.89. The molecule has 1 aromatic carbocycles. The molecule has 1 amide bonds. The maximum atomic E-state index is 13.0. The lowest BCUT2D eigenvalue weighted by molar-refractivity contribution is -0.133. The highest BCUT2D eigenvalue weighted by Crippen LogP contribution is 2.24. The average molecular weight is 458 g/mol. The molecule has 0 aliphatic carbocycles. The molecule has 0 N–H and O–H groups in total. The van der Waals surface area contributed by atoms with Crippen LogP contribution >= 0.6 is 0 Å². The van der Waals surface area contributed by atoms with E-state index in [1.54, 1.807) is 37.0 Å². The molecule has 32 heavy (non-hydrogen) atoms. The van der Waals surface area contributed by atoms with Gasteiger partial charge in [-0.1, -0.05) is 23.4 Å². The van der Waals surface area contributed by atoms with Gasteiger partial charge in [0.1, 0.15) is 10.6 Å². The van der Waals surface area contributed by atoms with E-state index in [4.69, 9.17) is 9.78 Å². The van der Waals surface area contributed by atoms with Crippen LogP contribution < -0.4 is 0 Å². The van der Waals surface area contributed by atoms with Crippen molar-refractivity contribution in [3.8, 4) is 6.07 Å². The number of rotatable bonds is 8. The SMILES string of the molecule is C=CCN(CC(=O)N1CCN(S(=O)(=O)c2c(C)noc2C)CC1)Cc1cccc(C#N)c1. The highest BCUT2D eigenvalue weighted by Gasteiger charge is 2.34. The first-order chi connectivity index (χ1) is 15.3. The van der Waals surface area contributed by atoms with E-state index in [0.29, 0.717) is 37.4 Å². The summed E-state index contributed by atoms with van der Waals surface area (Å²) in [5.41, 5.74) is 1.85. The number of piperazine rings is 1. The van der Waals surface area contributed by atoms with Crippen LogP contribution in [0.15, 0.2) is 46.3 Å². The monoisotopic (exact) mass is 457 g/mol. The smallest absolute Gasteiger partial charge is 0.248 e. The lowest BCUT2D eigenvalue weighted by Gasteiger charge is -2.35. The van der Waals surface area contributed by atoms with Gasteiger partial charge in [0.25, 0.3) is 0 Å². The van der Waals surface area contributed by atoms with E-state index < -0.39 is 10.0 Å². The Morgan fingerprint density at radius 1 is 1.31 bits per heavy atom. The molecule has 0 radical (unpaired) electrons. The molecule has 0 unspecified atom stereocenters. The Balaban J connectivity index is 1.61. The molecular formula is C22H27N5O4S. The normalized spacial score (nSPS) is 15.0. The Morgan fingerprint density at radius 3 is 2.62 bits per heavy atom. The molecule has 1 aliphatic heterocycles. The van der Waals surface area contributed by atoms with Crippen LogP contribution in [-0.4, -0.2) is 72.9 Å². The first-order valence-corrected chi connectivity index (χ1v) is 11.7. The van der Waals surface area contributed by atoms with E-state index in [-0.39, 0.29) is 36.2 Å². The van der Waals surface area contributed by atoms with Crippen LogP contribution in [-0.2, 0) is 21.4 Å². The molecule has 1 aromatic heterocycles. The largest absolute Gasteiger partial charge is 0.360 e. The molecule has 3 rings (SSSR count). The van der Waals surface area contributed by atoms with Gasteiger partial charge in [0.2, 0.25) is 15.9 Å². The summed E-state index contributed by atoms with van der Waals surface area (Å²) in [7, 11) is -3.72. The zero-order valence-corrected chi connectivity index (χ0v) is 19.1. The van der Waals surface area contributed by atoms with E-state index in [1.807, 2.05) is 17.0 Å². The molecule has 0 bridgehead atoms. The number of carbonyl (C=O) groups is 1. The summed E-state index contributed by atoms with van der Waals surface area (Å²) in [6, 6.07) is 9.40. The van der Waals surface area contributed by atoms with Crippen molar-refractivity contribution in [1.82, 2.24) is 19.3 Å². The molecule has 10 heteroatoms. The Labute approximate surface area is 188 Å². The van der Waals surface area contributed by atoms with Crippen molar-refractivity contribution in [3.63, 3.8) is 0 Å². The van der Waals surface area contributed by atoms with E-state index in [0.717, 1.165) is 5.56 Å². The van der Waals surface area contributed by atoms with Crippen molar-refractivity contribution in [2.24, 2.45) is 0 Å². The molecule has 2 aromatic rings. The number of hydrogen-bond donors (Lipinski definition) is 0. The van der Waals surface area contributed by atoms with Crippen molar-refractivity contribution in [1.29, 1.82) is 5.26 Å². The fourth-order valence-corrected chi connectivity index (χ4v) is 5.52. The fraction of sp³-hybridized carbons (Fsp3) is 0.409. The Bertz CT molecular complexity index is 1110. The van der Waals surface area contributed by atoms with Crippen molar-refractivity contribution in [2.45, 2.75) is 25.3 Å². The standard InChI is InChI=1S/C22H27N5O4S/c1-4-8-25(15-20-7-5-6-19(13-20)14-23)16-21(28)26-9-11-27(12-10-26)32(29,30)22-17(2)24-31-18(22)3/h4-7,13H,1,8-12,15-16H2,2-3H3. The Morgan fingerprint density at radius 2 is 2.03 bits per heavy atom. The third-order valence-electron chi connectivity index (χ3n) is 5.37. The summed E-state index contributed by atoms with van der Waals surface area (Å²) >= 11 is 0. The summed E-state index contributed by atoms with van der Waals surface area (Å²) in [6.07, 6.45) is 1.73. The molecular weight excluding hydrogens is 430 g/mol. The summed E-state index contributed by atoms with van der Waals surface area (Å²) in [5.74, 6) is 0.194. The molecule has 0 spiro atoms. The topological polar surface area (TPSA) is 111 Å². The minimum absolute atomic E-state index is 0.0716. The average Bonchev–Trinajstić information content (AvgIpc) is 3.12. The highest BCUT2D eigenvalue weighted by atomic mass is 32.2. The quantitative estimate of drug-likeness (QED) is 0.555. The van der Waals surface area contributed by atoms with E-state index >= 15 is 0 Å². The van der Waals surface area contributed by atoms with Crippen molar-refractivity contribution < 1.29 is 17.7 Å². The first kappa shape index (κ1) is 23.7. The Kier molecular flexibility index (Phi) is 7.45. The molecule has 9 nitrogen and oxygen atoms in total. The Hall–Kier alpha value is -3.00. The number of amides is 1. The van der Waals surface area contributed by atoms with Gasteiger partial charge in [-0.05, 0) is 31.5 Å². The summed E-state index contributed by atoms with van der Waals surface area (Å²) in [5, 5.41) is 12.8.